The number of hydrogen-bond acceptors (Lipinski definition) is 2. The highest BCUT2D eigenvalue weighted by atomic mass is 16.1. The van der Waals surface area contributed by atoms with Crippen molar-refractivity contribution in [3.8, 4) is 0 Å². The molecule has 4 bridgehead atoms. The number of piperidine rings is 2. The van der Waals surface area contributed by atoms with Gasteiger partial charge in [0.05, 0.1) is 31.0 Å². The van der Waals surface area contributed by atoms with Gasteiger partial charge in [-0.15, -0.1) is 0 Å². The third-order valence-electron chi connectivity index (χ3n) is 4.24. The van der Waals surface area contributed by atoms with Gasteiger partial charge in [-0.25, -0.2) is 0 Å². The molecule has 4 aliphatic rings. The predicted octanol–water partition coefficient (Wildman–Crippen LogP) is 0.315. The molecule has 4 atom stereocenters. The third-order valence-corrected chi connectivity index (χ3v) is 4.24. The summed E-state index contributed by atoms with van der Waals surface area (Å²) in [5, 5.41) is 0. The van der Waals surface area contributed by atoms with Gasteiger partial charge in [0.1, 0.15) is 6.67 Å². The van der Waals surface area contributed by atoms with Crippen LogP contribution in [-0.4, -0.2) is 55.1 Å². The summed E-state index contributed by atoms with van der Waals surface area (Å²) in [6.07, 6.45) is 0. The molecule has 0 saturated carbocycles. The lowest BCUT2D eigenvalue weighted by molar-refractivity contribution is -0.946. The van der Waals surface area contributed by atoms with Crippen LogP contribution >= 0.6 is 0 Å². The second kappa shape index (κ2) is 2.07. The van der Waals surface area contributed by atoms with Crippen molar-refractivity contribution in [2.45, 2.75) is 13.8 Å². The molecule has 4 heterocycles. The zero-order valence-corrected chi connectivity index (χ0v) is 9.34. The molecule has 4 aliphatic heterocycles. The fourth-order valence-electron chi connectivity index (χ4n) is 4.58. The molecule has 0 aliphatic carbocycles. The monoisotopic (exact) mass is 195 g/mol. The van der Waals surface area contributed by atoms with Gasteiger partial charge in [0.25, 0.3) is 0 Å². The summed E-state index contributed by atoms with van der Waals surface area (Å²) < 4.78 is 1.08. The van der Waals surface area contributed by atoms with Crippen LogP contribution in [0.2, 0.25) is 0 Å². The van der Waals surface area contributed by atoms with Gasteiger partial charge in [-0.3, -0.25) is 9.69 Å². The van der Waals surface area contributed by atoms with Gasteiger partial charge < -0.3 is 4.48 Å². The van der Waals surface area contributed by atoms with Gasteiger partial charge >= 0.3 is 0 Å². The van der Waals surface area contributed by atoms with Gasteiger partial charge in [-0.1, -0.05) is 0 Å². The summed E-state index contributed by atoms with van der Waals surface area (Å²) >= 11 is 0. The Morgan fingerprint density at radius 3 is 2.14 bits per heavy atom. The first-order chi connectivity index (χ1) is 6.35. The van der Waals surface area contributed by atoms with E-state index < -0.39 is 0 Å². The van der Waals surface area contributed by atoms with Crippen molar-refractivity contribution in [3.63, 3.8) is 0 Å². The standard InChI is InChI=1S/C11H19N2O/c1-10-4-12-5-11(2,9(10)14)7-13(3,6-10)8-12/h4-8H2,1-3H3/q+1/t10-,11+,13?. The van der Waals surface area contributed by atoms with Crippen LogP contribution in [0.3, 0.4) is 0 Å². The molecule has 0 radical (unpaired) electrons. The highest BCUT2D eigenvalue weighted by Gasteiger charge is 2.64. The first-order valence-corrected chi connectivity index (χ1v) is 5.46. The molecule has 2 unspecified atom stereocenters. The maximum absolute atomic E-state index is 12.3. The number of nitrogens with zero attached hydrogens (tertiary/aromatic N) is 2. The highest BCUT2D eigenvalue weighted by molar-refractivity contribution is 5.92. The summed E-state index contributed by atoms with van der Waals surface area (Å²) in [4.78, 5) is 14.8. The van der Waals surface area contributed by atoms with Crippen LogP contribution in [0, 0.1) is 10.8 Å². The van der Waals surface area contributed by atoms with E-state index in [0.717, 1.165) is 37.3 Å². The Hall–Kier alpha value is -0.410. The van der Waals surface area contributed by atoms with E-state index in [1.54, 1.807) is 0 Å². The normalized spacial score (nSPS) is 60.8. The molecular formula is C11H19N2O+. The average Bonchev–Trinajstić information content (AvgIpc) is 1.95. The Morgan fingerprint density at radius 1 is 1.21 bits per heavy atom. The second-order valence-corrected chi connectivity index (χ2v) is 6.51. The van der Waals surface area contributed by atoms with Crippen molar-refractivity contribution >= 4 is 5.78 Å². The fraction of sp³-hybridized carbons (Fsp3) is 0.909. The summed E-state index contributed by atoms with van der Waals surface area (Å²) in [5.74, 6) is 0.525. The SMILES string of the molecule is C[C@]12CN3C[C@](C)(C[N+](C)(C3)C1)C2=O. The molecule has 4 rings (SSSR count). The summed E-state index contributed by atoms with van der Waals surface area (Å²) in [6.45, 7) is 9.57. The molecule has 0 aromatic carbocycles. The lowest BCUT2D eigenvalue weighted by Gasteiger charge is -2.63. The maximum Gasteiger partial charge on any atom is 0.158 e. The summed E-state index contributed by atoms with van der Waals surface area (Å²) in [7, 11) is 2.30. The van der Waals surface area contributed by atoms with Gasteiger partial charge in [0.15, 0.2) is 5.78 Å². The van der Waals surface area contributed by atoms with Crippen molar-refractivity contribution in [2.75, 3.05) is 39.9 Å². The molecule has 3 nitrogen and oxygen atoms in total. The van der Waals surface area contributed by atoms with Crippen LogP contribution < -0.4 is 0 Å². The zero-order chi connectivity index (χ0) is 10.2. The Labute approximate surface area is 85.3 Å². The average molecular weight is 195 g/mol. The molecule has 78 valence electrons. The molecule has 0 N–H and O–H groups in total. The largest absolute Gasteiger partial charge is 0.312 e. The molecule has 4 fully saturated rings. The van der Waals surface area contributed by atoms with Crippen molar-refractivity contribution in [2.24, 2.45) is 10.8 Å². The molecule has 14 heavy (non-hydrogen) atoms. The van der Waals surface area contributed by atoms with Crippen molar-refractivity contribution in [3.05, 3.63) is 0 Å². The molecule has 3 heteroatoms. The Balaban J connectivity index is 2.12. The molecule has 4 saturated heterocycles. The number of ketones is 1. The molecular weight excluding hydrogens is 176 g/mol. The van der Waals surface area contributed by atoms with Crippen LogP contribution in [0.1, 0.15) is 13.8 Å². The van der Waals surface area contributed by atoms with Crippen LogP contribution in [0.5, 0.6) is 0 Å². The lowest BCUT2D eigenvalue weighted by atomic mass is 9.62. The first-order valence-electron chi connectivity index (χ1n) is 5.46. The minimum atomic E-state index is -0.0573. The quantitative estimate of drug-likeness (QED) is 0.519. The molecule has 0 aromatic rings. The number of hydrogen-bond donors (Lipinski definition) is 0. The number of carbonyl (C=O) groups excluding carboxylic acids is 1. The van der Waals surface area contributed by atoms with Crippen molar-refractivity contribution in [1.29, 1.82) is 0 Å². The topological polar surface area (TPSA) is 20.3 Å². The van der Waals surface area contributed by atoms with Crippen LogP contribution in [0.4, 0.5) is 0 Å². The van der Waals surface area contributed by atoms with Gasteiger partial charge in [-0.2, -0.15) is 0 Å². The zero-order valence-electron chi connectivity index (χ0n) is 9.34. The van der Waals surface area contributed by atoms with Gasteiger partial charge in [0.2, 0.25) is 0 Å². The van der Waals surface area contributed by atoms with E-state index in [1.165, 1.54) is 0 Å². The van der Waals surface area contributed by atoms with Gasteiger partial charge in [0, 0.05) is 13.1 Å². The minimum absolute atomic E-state index is 0.0573. The smallest absolute Gasteiger partial charge is 0.158 e. The van der Waals surface area contributed by atoms with E-state index >= 15 is 0 Å². The van der Waals surface area contributed by atoms with E-state index in [9.17, 15) is 4.79 Å². The highest BCUT2D eigenvalue weighted by Crippen LogP contribution is 2.48. The van der Waals surface area contributed by atoms with Crippen molar-refractivity contribution < 1.29 is 9.28 Å². The number of Topliss-reactive ketones (excluding diaryl/α,β-unsaturated/α-hetero) is 1. The first kappa shape index (κ1) is 8.86. The van der Waals surface area contributed by atoms with E-state index in [2.05, 4.69) is 25.8 Å². The Bertz CT molecular complexity index is 303. The van der Waals surface area contributed by atoms with E-state index in [4.69, 9.17) is 0 Å². The van der Waals surface area contributed by atoms with Crippen molar-refractivity contribution in [1.82, 2.24) is 4.90 Å². The van der Waals surface area contributed by atoms with E-state index in [-0.39, 0.29) is 10.8 Å². The lowest BCUT2D eigenvalue weighted by Crippen LogP contribution is -2.80. The second-order valence-electron chi connectivity index (χ2n) is 6.51. The maximum atomic E-state index is 12.3. The Morgan fingerprint density at radius 2 is 1.71 bits per heavy atom. The predicted molar refractivity (Wildman–Crippen MR) is 53.6 cm³/mol. The van der Waals surface area contributed by atoms with Crippen LogP contribution in [0.25, 0.3) is 0 Å². The number of quaternary nitrogens is 1. The molecule has 0 spiro atoms. The van der Waals surface area contributed by atoms with E-state index in [0.29, 0.717) is 5.78 Å². The fourth-order valence-corrected chi connectivity index (χ4v) is 4.58. The molecule has 0 aromatic heterocycles. The summed E-state index contributed by atoms with van der Waals surface area (Å²) in [5.41, 5.74) is -0.115. The van der Waals surface area contributed by atoms with Crippen LogP contribution in [-0.2, 0) is 4.79 Å². The minimum Gasteiger partial charge on any atom is -0.312 e. The number of carbonyl (C=O) groups is 1. The molecule has 0 amide bonds. The van der Waals surface area contributed by atoms with Gasteiger partial charge in [-0.05, 0) is 13.8 Å². The Kier molecular flexibility index (Phi) is 1.31. The third kappa shape index (κ3) is 0.873. The summed E-state index contributed by atoms with van der Waals surface area (Å²) in [6, 6.07) is 0. The van der Waals surface area contributed by atoms with E-state index in [1.807, 2.05) is 0 Å². The number of rotatable bonds is 0. The van der Waals surface area contributed by atoms with Crippen LogP contribution in [0.15, 0.2) is 0 Å².